The standard InChI is InChI=1S/C18H17F3N2O3S/c19-18(20,21)15-4-1-3-13(11-15)12-22-17(24)14-5-7-16(8-6-14)23-9-2-10-27(23,25)26/h1,3-8,11H,2,9-10,12H2,(H,22,24). The molecule has 1 fully saturated rings. The Balaban J connectivity index is 1.65. The second-order valence-electron chi connectivity index (χ2n) is 6.17. The number of nitrogens with one attached hydrogen (secondary N) is 1. The van der Waals surface area contributed by atoms with E-state index in [1.165, 1.54) is 28.6 Å². The molecule has 27 heavy (non-hydrogen) atoms. The van der Waals surface area contributed by atoms with Crippen LogP contribution in [0.15, 0.2) is 48.5 Å². The average Bonchev–Trinajstić information content (AvgIpc) is 2.98. The zero-order valence-corrected chi connectivity index (χ0v) is 15.0. The van der Waals surface area contributed by atoms with E-state index in [1.807, 2.05) is 0 Å². The summed E-state index contributed by atoms with van der Waals surface area (Å²) in [4.78, 5) is 12.2. The molecule has 0 saturated carbocycles. The highest BCUT2D eigenvalue weighted by atomic mass is 32.2. The lowest BCUT2D eigenvalue weighted by Crippen LogP contribution is -2.25. The fourth-order valence-corrected chi connectivity index (χ4v) is 4.42. The molecule has 1 saturated heterocycles. The van der Waals surface area contributed by atoms with Crippen LogP contribution < -0.4 is 9.62 Å². The summed E-state index contributed by atoms with van der Waals surface area (Å²) >= 11 is 0. The van der Waals surface area contributed by atoms with Crippen molar-refractivity contribution in [2.75, 3.05) is 16.6 Å². The molecule has 9 heteroatoms. The first kappa shape index (κ1) is 19.2. The lowest BCUT2D eigenvalue weighted by molar-refractivity contribution is -0.137. The second-order valence-corrected chi connectivity index (χ2v) is 8.18. The molecule has 5 nitrogen and oxygen atoms in total. The molecule has 1 aliphatic heterocycles. The Morgan fingerprint density at radius 1 is 1.11 bits per heavy atom. The largest absolute Gasteiger partial charge is 0.416 e. The monoisotopic (exact) mass is 398 g/mol. The predicted molar refractivity (Wildman–Crippen MR) is 94.8 cm³/mol. The fraction of sp³-hybridized carbons (Fsp3) is 0.278. The van der Waals surface area contributed by atoms with Crippen LogP contribution in [0.4, 0.5) is 18.9 Å². The van der Waals surface area contributed by atoms with Crippen molar-refractivity contribution >= 4 is 21.6 Å². The Morgan fingerprint density at radius 2 is 1.81 bits per heavy atom. The van der Waals surface area contributed by atoms with Crippen molar-refractivity contribution in [1.82, 2.24) is 5.32 Å². The van der Waals surface area contributed by atoms with Gasteiger partial charge in [0.05, 0.1) is 17.0 Å². The number of nitrogens with zero attached hydrogens (tertiary/aromatic N) is 1. The molecule has 1 aliphatic rings. The second kappa shape index (κ2) is 7.22. The molecule has 1 heterocycles. The molecule has 0 aliphatic carbocycles. The highest BCUT2D eigenvalue weighted by molar-refractivity contribution is 7.93. The molecule has 0 spiro atoms. The Bertz CT molecular complexity index is 941. The molecule has 0 atom stereocenters. The summed E-state index contributed by atoms with van der Waals surface area (Å²) in [6.07, 6.45) is -3.88. The number of hydrogen-bond acceptors (Lipinski definition) is 3. The Kier molecular flexibility index (Phi) is 5.14. The van der Waals surface area contributed by atoms with Gasteiger partial charge in [0.15, 0.2) is 0 Å². The van der Waals surface area contributed by atoms with E-state index in [9.17, 15) is 26.4 Å². The molecular weight excluding hydrogens is 381 g/mol. The van der Waals surface area contributed by atoms with Gasteiger partial charge in [-0.1, -0.05) is 12.1 Å². The van der Waals surface area contributed by atoms with Crippen molar-refractivity contribution < 1.29 is 26.4 Å². The van der Waals surface area contributed by atoms with Crippen LogP contribution in [0, 0.1) is 0 Å². The number of anilines is 1. The number of sulfonamides is 1. The minimum absolute atomic E-state index is 0.0506. The summed E-state index contributed by atoms with van der Waals surface area (Å²) in [6.45, 7) is 0.356. The molecule has 0 unspecified atom stereocenters. The minimum Gasteiger partial charge on any atom is -0.348 e. The smallest absolute Gasteiger partial charge is 0.348 e. The number of rotatable bonds is 4. The fourth-order valence-electron chi connectivity index (χ4n) is 2.85. The molecule has 2 aromatic rings. The molecular formula is C18H17F3N2O3S. The maximum absolute atomic E-state index is 12.7. The maximum atomic E-state index is 12.7. The molecule has 1 amide bonds. The van der Waals surface area contributed by atoms with E-state index in [1.54, 1.807) is 12.1 Å². The quantitative estimate of drug-likeness (QED) is 0.860. The first-order valence-corrected chi connectivity index (χ1v) is 9.82. The number of alkyl halides is 3. The van der Waals surface area contributed by atoms with Crippen molar-refractivity contribution in [2.24, 2.45) is 0 Å². The van der Waals surface area contributed by atoms with E-state index in [-0.39, 0.29) is 12.3 Å². The summed E-state index contributed by atoms with van der Waals surface area (Å²) in [6, 6.07) is 10.8. The third-order valence-corrected chi connectivity index (χ3v) is 6.09. The summed E-state index contributed by atoms with van der Waals surface area (Å²) in [7, 11) is -3.29. The van der Waals surface area contributed by atoms with Gasteiger partial charge in [0.1, 0.15) is 0 Å². The van der Waals surface area contributed by atoms with Gasteiger partial charge in [-0.05, 0) is 48.4 Å². The first-order chi connectivity index (χ1) is 12.7. The van der Waals surface area contributed by atoms with Gasteiger partial charge in [-0.25, -0.2) is 8.42 Å². The van der Waals surface area contributed by atoms with Crippen LogP contribution in [0.1, 0.15) is 27.9 Å². The van der Waals surface area contributed by atoms with E-state index in [0.29, 0.717) is 29.8 Å². The van der Waals surface area contributed by atoms with Gasteiger partial charge in [0.2, 0.25) is 10.0 Å². The molecule has 144 valence electrons. The highest BCUT2D eigenvalue weighted by Crippen LogP contribution is 2.29. The van der Waals surface area contributed by atoms with Crippen LogP contribution in [0.25, 0.3) is 0 Å². The zero-order valence-electron chi connectivity index (χ0n) is 14.2. The molecule has 3 rings (SSSR count). The van der Waals surface area contributed by atoms with E-state index in [0.717, 1.165) is 12.1 Å². The lowest BCUT2D eigenvalue weighted by atomic mass is 10.1. The van der Waals surface area contributed by atoms with E-state index in [2.05, 4.69) is 5.32 Å². The van der Waals surface area contributed by atoms with Crippen LogP contribution in [0.2, 0.25) is 0 Å². The average molecular weight is 398 g/mol. The van der Waals surface area contributed by atoms with Gasteiger partial charge in [-0.15, -0.1) is 0 Å². The normalized spacial score (nSPS) is 16.3. The molecule has 2 aromatic carbocycles. The van der Waals surface area contributed by atoms with Gasteiger partial charge in [0, 0.05) is 18.7 Å². The van der Waals surface area contributed by atoms with Crippen LogP contribution in [0.3, 0.4) is 0 Å². The topological polar surface area (TPSA) is 66.5 Å². The Morgan fingerprint density at radius 3 is 2.41 bits per heavy atom. The van der Waals surface area contributed by atoms with Crippen LogP contribution in [0.5, 0.6) is 0 Å². The Labute approximate surface area is 154 Å². The summed E-state index contributed by atoms with van der Waals surface area (Å²) in [5.41, 5.74) is 0.340. The van der Waals surface area contributed by atoms with Crippen LogP contribution in [-0.4, -0.2) is 26.6 Å². The van der Waals surface area contributed by atoms with Gasteiger partial charge >= 0.3 is 6.18 Å². The van der Waals surface area contributed by atoms with Gasteiger partial charge in [0.25, 0.3) is 5.91 Å². The number of amides is 1. The summed E-state index contributed by atoms with van der Waals surface area (Å²) < 4.78 is 63.3. The highest BCUT2D eigenvalue weighted by Gasteiger charge is 2.30. The lowest BCUT2D eigenvalue weighted by Gasteiger charge is -2.17. The third-order valence-electron chi connectivity index (χ3n) is 4.22. The SMILES string of the molecule is O=C(NCc1cccc(C(F)(F)F)c1)c1ccc(N2CCCS2(=O)=O)cc1. The molecule has 0 radical (unpaired) electrons. The van der Waals surface area contributed by atoms with Crippen molar-refractivity contribution in [2.45, 2.75) is 19.1 Å². The number of hydrogen-bond donors (Lipinski definition) is 1. The number of carbonyl (C=O) groups excluding carboxylic acids is 1. The van der Waals surface area contributed by atoms with Gasteiger partial charge in [-0.3, -0.25) is 9.10 Å². The van der Waals surface area contributed by atoms with Crippen molar-refractivity contribution in [1.29, 1.82) is 0 Å². The van der Waals surface area contributed by atoms with Crippen molar-refractivity contribution in [3.63, 3.8) is 0 Å². The van der Waals surface area contributed by atoms with Gasteiger partial charge in [-0.2, -0.15) is 13.2 Å². The van der Waals surface area contributed by atoms with E-state index in [4.69, 9.17) is 0 Å². The van der Waals surface area contributed by atoms with E-state index >= 15 is 0 Å². The maximum Gasteiger partial charge on any atom is 0.416 e. The predicted octanol–water partition coefficient (Wildman–Crippen LogP) is 3.18. The molecule has 1 N–H and O–H groups in total. The third kappa shape index (κ3) is 4.41. The van der Waals surface area contributed by atoms with E-state index < -0.39 is 27.7 Å². The summed E-state index contributed by atoms with van der Waals surface area (Å²) in [5.74, 6) is -0.352. The number of halogens is 3. The van der Waals surface area contributed by atoms with Gasteiger partial charge < -0.3 is 5.32 Å². The van der Waals surface area contributed by atoms with Crippen molar-refractivity contribution in [3.8, 4) is 0 Å². The molecule has 0 bridgehead atoms. The van der Waals surface area contributed by atoms with Crippen molar-refractivity contribution in [3.05, 3.63) is 65.2 Å². The Hall–Kier alpha value is -2.55. The minimum atomic E-state index is -4.44. The zero-order chi connectivity index (χ0) is 19.7. The van der Waals surface area contributed by atoms with Crippen LogP contribution >= 0.6 is 0 Å². The molecule has 0 aromatic heterocycles. The summed E-state index contributed by atoms with van der Waals surface area (Å²) in [5, 5.41) is 2.56. The first-order valence-electron chi connectivity index (χ1n) is 8.22. The number of benzene rings is 2. The van der Waals surface area contributed by atoms with Crippen LogP contribution in [-0.2, 0) is 22.7 Å². The number of carbonyl (C=O) groups is 1.